The van der Waals surface area contributed by atoms with E-state index in [4.69, 9.17) is 4.74 Å². The third-order valence-corrected chi connectivity index (χ3v) is 13.9. The van der Waals surface area contributed by atoms with E-state index in [1.165, 1.54) is 55.1 Å². The molecular formula is C61H39N3O. The summed E-state index contributed by atoms with van der Waals surface area (Å²) in [7, 11) is 0. The predicted octanol–water partition coefficient (Wildman–Crippen LogP) is 15.8. The maximum Gasteiger partial charge on any atom is 0.133 e. The first kappa shape index (κ1) is 35.9. The van der Waals surface area contributed by atoms with Crippen LogP contribution in [0.5, 0.6) is 11.5 Å². The summed E-state index contributed by atoms with van der Waals surface area (Å²) < 4.78 is 12.0. The molecule has 0 radical (unpaired) electrons. The van der Waals surface area contributed by atoms with Crippen LogP contribution in [-0.2, 0) is 5.41 Å². The first-order valence-electron chi connectivity index (χ1n) is 22.3. The van der Waals surface area contributed by atoms with Gasteiger partial charge in [0.2, 0.25) is 0 Å². The Morgan fingerprint density at radius 2 is 0.892 bits per heavy atom. The molecule has 4 heteroatoms. The number of aromatic nitrogens is 2. The second-order valence-electron chi connectivity index (χ2n) is 17.2. The lowest BCUT2D eigenvalue weighted by Crippen LogP contribution is -2.37. The Labute approximate surface area is 376 Å². The molecule has 0 fully saturated rings. The van der Waals surface area contributed by atoms with E-state index in [0.29, 0.717) is 0 Å². The number of hydrogen-bond acceptors (Lipinski definition) is 2. The van der Waals surface area contributed by atoms with Crippen molar-refractivity contribution in [2.45, 2.75) is 5.41 Å². The highest BCUT2D eigenvalue weighted by Crippen LogP contribution is 2.61. The number of nitrogens with zero attached hydrogens (tertiary/aromatic N) is 3. The maximum absolute atomic E-state index is 7.07. The second kappa shape index (κ2) is 13.7. The van der Waals surface area contributed by atoms with Gasteiger partial charge >= 0.3 is 0 Å². The number of ether oxygens (including phenoxy) is 1. The standard InChI is InChI=1S/C61H39N3O/c1-3-16-40(17-4-1)41-30-32-43(33-31-41)62(42-18-5-2-6-19-42)44-34-36-45(37-35-44)63-54-26-11-8-21-47(54)49-38-59-53(39-57(49)63)61(51-24-10-14-29-58(51)65-59)50-23-9-13-28-56(50)64-55-27-12-7-20-46(55)48-22-15-25-52(61)60(48)64/h1-39H. The van der Waals surface area contributed by atoms with Crippen LogP contribution in [0.2, 0.25) is 0 Å². The molecular weight excluding hydrogens is 791 g/mol. The van der Waals surface area contributed by atoms with E-state index in [1.807, 2.05) is 0 Å². The van der Waals surface area contributed by atoms with Crippen molar-refractivity contribution >= 4 is 60.7 Å². The maximum atomic E-state index is 7.07. The molecule has 14 rings (SSSR count). The predicted molar refractivity (Wildman–Crippen MR) is 267 cm³/mol. The third kappa shape index (κ3) is 5.02. The van der Waals surface area contributed by atoms with Crippen LogP contribution in [-0.4, -0.2) is 9.13 Å². The van der Waals surface area contributed by atoms with Gasteiger partial charge in [0, 0.05) is 55.4 Å². The Morgan fingerprint density at radius 1 is 0.338 bits per heavy atom. The molecule has 2 aliphatic rings. The number of para-hydroxylation sites is 6. The monoisotopic (exact) mass is 829 g/mol. The van der Waals surface area contributed by atoms with Gasteiger partial charge in [-0.3, -0.25) is 0 Å². The minimum Gasteiger partial charge on any atom is -0.457 e. The molecule has 65 heavy (non-hydrogen) atoms. The fourth-order valence-electron chi connectivity index (χ4n) is 11.3. The molecule has 12 aromatic rings. The zero-order chi connectivity index (χ0) is 42.6. The summed E-state index contributed by atoms with van der Waals surface area (Å²) in [4.78, 5) is 2.33. The largest absolute Gasteiger partial charge is 0.457 e. The molecule has 2 aliphatic heterocycles. The molecule has 10 aromatic carbocycles. The highest BCUT2D eigenvalue weighted by Gasteiger charge is 2.50. The van der Waals surface area contributed by atoms with Crippen molar-refractivity contribution in [3.8, 4) is 34.0 Å². The van der Waals surface area contributed by atoms with Crippen LogP contribution < -0.4 is 9.64 Å². The Kier molecular flexibility index (Phi) is 7.57. The summed E-state index contributed by atoms with van der Waals surface area (Å²) in [6.45, 7) is 0. The molecule has 0 N–H and O–H groups in total. The lowest BCUT2D eigenvalue weighted by Gasteiger charge is -2.45. The molecule has 0 saturated carbocycles. The second-order valence-corrected chi connectivity index (χ2v) is 17.2. The number of hydrogen-bond donors (Lipinski definition) is 0. The van der Waals surface area contributed by atoms with Gasteiger partial charge in [-0.25, -0.2) is 0 Å². The van der Waals surface area contributed by atoms with Crippen molar-refractivity contribution in [1.29, 1.82) is 0 Å². The molecule has 0 bridgehead atoms. The van der Waals surface area contributed by atoms with Crippen molar-refractivity contribution in [2.75, 3.05) is 4.90 Å². The van der Waals surface area contributed by atoms with Gasteiger partial charge in [-0.1, -0.05) is 152 Å². The van der Waals surface area contributed by atoms with Gasteiger partial charge in [-0.05, 0) is 107 Å². The summed E-state index contributed by atoms with van der Waals surface area (Å²) in [5, 5.41) is 4.84. The molecule has 4 nitrogen and oxygen atoms in total. The molecule has 0 amide bonds. The van der Waals surface area contributed by atoms with Gasteiger partial charge in [-0.2, -0.15) is 0 Å². The van der Waals surface area contributed by atoms with Gasteiger partial charge in [0.15, 0.2) is 0 Å². The van der Waals surface area contributed by atoms with Crippen LogP contribution >= 0.6 is 0 Å². The quantitative estimate of drug-likeness (QED) is 0.172. The Balaban J connectivity index is 0.995. The molecule has 4 heterocycles. The topological polar surface area (TPSA) is 22.3 Å². The van der Waals surface area contributed by atoms with Crippen molar-refractivity contribution in [1.82, 2.24) is 9.13 Å². The molecule has 304 valence electrons. The van der Waals surface area contributed by atoms with Crippen molar-refractivity contribution in [2.24, 2.45) is 0 Å². The SMILES string of the molecule is c1ccc(-c2ccc(N(c3ccccc3)c3ccc(-n4c5ccccc5c5cc6c(cc54)C4(c5ccccc5O6)c5ccccc5-n5c6ccccc6c6cccc4c65)cc3)cc2)cc1. The van der Waals surface area contributed by atoms with Crippen molar-refractivity contribution in [3.05, 3.63) is 259 Å². The average molecular weight is 830 g/mol. The fourth-order valence-corrected chi connectivity index (χ4v) is 11.3. The third-order valence-electron chi connectivity index (χ3n) is 13.9. The van der Waals surface area contributed by atoms with Gasteiger partial charge in [0.25, 0.3) is 0 Å². The van der Waals surface area contributed by atoms with E-state index in [0.717, 1.165) is 61.8 Å². The van der Waals surface area contributed by atoms with E-state index >= 15 is 0 Å². The Morgan fingerprint density at radius 3 is 1.66 bits per heavy atom. The average Bonchev–Trinajstić information content (AvgIpc) is 3.89. The number of benzene rings is 10. The van der Waals surface area contributed by atoms with Crippen LogP contribution in [0.1, 0.15) is 22.3 Å². The van der Waals surface area contributed by atoms with Gasteiger partial charge in [0.05, 0.1) is 33.2 Å². The first-order valence-corrected chi connectivity index (χ1v) is 22.3. The summed E-state index contributed by atoms with van der Waals surface area (Å²) in [5.74, 6) is 1.76. The molecule has 1 unspecified atom stereocenters. The zero-order valence-electron chi connectivity index (χ0n) is 35.3. The van der Waals surface area contributed by atoms with E-state index < -0.39 is 5.41 Å². The van der Waals surface area contributed by atoms with Gasteiger partial charge < -0.3 is 18.8 Å². The summed E-state index contributed by atoms with van der Waals surface area (Å²) >= 11 is 0. The number of anilines is 3. The molecule has 1 spiro atoms. The van der Waals surface area contributed by atoms with Crippen LogP contribution in [0.4, 0.5) is 17.1 Å². The highest BCUT2D eigenvalue weighted by molar-refractivity contribution is 6.13. The Bertz CT molecular complexity index is 3850. The lowest BCUT2D eigenvalue weighted by molar-refractivity contribution is 0.435. The van der Waals surface area contributed by atoms with Crippen molar-refractivity contribution in [3.63, 3.8) is 0 Å². The number of rotatable bonds is 5. The van der Waals surface area contributed by atoms with E-state index in [9.17, 15) is 0 Å². The summed E-state index contributed by atoms with van der Waals surface area (Å²) in [6, 6.07) is 86.0. The van der Waals surface area contributed by atoms with Crippen LogP contribution in [0.15, 0.2) is 237 Å². The molecule has 2 aromatic heterocycles. The van der Waals surface area contributed by atoms with E-state index in [1.54, 1.807) is 0 Å². The molecule has 0 aliphatic carbocycles. The smallest absolute Gasteiger partial charge is 0.133 e. The first-order chi connectivity index (χ1) is 32.3. The van der Waals surface area contributed by atoms with E-state index in [-0.39, 0.29) is 0 Å². The lowest BCUT2D eigenvalue weighted by atomic mass is 9.61. The minimum atomic E-state index is -0.670. The summed E-state index contributed by atoms with van der Waals surface area (Å²) in [6.07, 6.45) is 0. The van der Waals surface area contributed by atoms with Crippen LogP contribution in [0.25, 0.3) is 66.1 Å². The zero-order valence-corrected chi connectivity index (χ0v) is 35.3. The van der Waals surface area contributed by atoms with E-state index in [2.05, 4.69) is 251 Å². The number of fused-ring (bicyclic) bond motifs is 14. The highest BCUT2D eigenvalue weighted by atomic mass is 16.5. The Hall–Kier alpha value is -8.60. The normalized spacial score (nSPS) is 14.6. The van der Waals surface area contributed by atoms with Crippen LogP contribution in [0, 0.1) is 0 Å². The van der Waals surface area contributed by atoms with Gasteiger partial charge in [0.1, 0.15) is 11.5 Å². The minimum absolute atomic E-state index is 0.670. The fraction of sp³-hybridized carbons (Fsp3) is 0.0164. The molecule has 1 atom stereocenters. The van der Waals surface area contributed by atoms with Crippen molar-refractivity contribution < 1.29 is 4.74 Å². The molecule has 0 saturated heterocycles. The summed E-state index contributed by atoms with van der Waals surface area (Å²) in [5.41, 5.74) is 16.8. The van der Waals surface area contributed by atoms with Gasteiger partial charge in [-0.15, -0.1) is 0 Å². The van der Waals surface area contributed by atoms with Crippen LogP contribution in [0.3, 0.4) is 0 Å².